The lowest BCUT2D eigenvalue weighted by molar-refractivity contribution is 0.0366. The molecule has 1 aromatic rings. The van der Waals surface area contributed by atoms with E-state index in [4.69, 9.17) is 9.47 Å². The first-order chi connectivity index (χ1) is 6.83. The topological polar surface area (TPSA) is 30.5 Å². The van der Waals surface area contributed by atoms with Crippen LogP contribution in [0.5, 0.6) is 11.5 Å². The van der Waals surface area contributed by atoms with E-state index >= 15 is 0 Å². The van der Waals surface area contributed by atoms with Crippen LogP contribution >= 0.6 is 12.4 Å². The van der Waals surface area contributed by atoms with Gasteiger partial charge in [-0.1, -0.05) is 12.1 Å². The molecule has 2 heterocycles. The van der Waals surface area contributed by atoms with Crippen molar-refractivity contribution in [1.29, 1.82) is 0 Å². The van der Waals surface area contributed by atoms with Gasteiger partial charge in [0.2, 0.25) is 0 Å². The first kappa shape index (κ1) is 10.6. The average molecular weight is 228 g/mol. The van der Waals surface area contributed by atoms with Gasteiger partial charge >= 0.3 is 0 Å². The predicted octanol–water partition coefficient (Wildman–Crippen LogP) is 1.39. The fourth-order valence-corrected chi connectivity index (χ4v) is 2.18. The first-order valence-corrected chi connectivity index (χ1v) is 4.89. The number of fused-ring (bicyclic) bond motifs is 1. The standard InChI is InChI=1S/C11H13NO2.ClH/c1-13-9-4-2-3-8-5-11(6-12-7-11)14-10(8)9;/h2-4,12H,5-7H2,1H3;1H. The van der Waals surface area contributed by atoms with Crippen molar-refractivity contribution in [3.8, 4) is 11.5 Å². The fourth-order valence-electron chi connectivity index (χ4n) is 2.18. The van der Waals surface area contributed by atoms with Crippen LogP contribution in [0.4, 0.5) is 0 Å². The third-order valence-corrected chi connectivity index (χ3v) is 3.01. The molecule has 0 atom stereocenters. The molecule has 82 valence electrons. The monoisotopic (exact) mass is 227 g/mol. The highest BCUT2D eigenvalue weighted by atomic mass is 35.5. The normalized spacial score (nSPS) is 19.8. The van der Waals surface area contributed by atoms with Crippen molar-refractivity contribution >= 4 is 12.4 Å². The number of nitrogens with one attached hydrogen (secondary N) is 1. The Morgan fingerprint density at radius 1 is 1.40 bits per heavy atom. The number of halogens is 1. The van der Waals surface area contributed by atoms with Crippen molar-refractivity contribution in [3.63, 3.8) is 0 Å². The third kappa shape index (κ3) is 1.46. The maximum absolute atomic E-state index is 5.96. The summed E-state index contributed by atoms with van der Waals surface area (Å²) in [6.45, 7) is 1.90. The molecule has 1 aromatic carbocycles. The van der Waals surface area contributed by atoms with Crippen molar-refractivity contribution in [2.75, 3.05) is 20.2 Å². The SMILES string of the molecule is COc1cccc2c1OC1(CNC1)C2.Cl. The maximum Gasteiger partial charge on any atom is 0.165 e. The Balaban J connectivity index is 0.000000853. The van der Waals surface area contributed by atoms with Gasteiger partial charge in [0.25, 0.3) is 0 Å². The molecule has 1 N–H and O–H groups in total. The molecule has 2 aliphatic heterocycles. The zero-order valence-electron chi connectivity index (χ0n) is 8.58. The summed E-state index contributed by atoms with van der Waals surface area (Å²) >= 11 is 0. The molecule has 0 aliphatic carbocycles. The van der Waals surface area contributed by atoms with Gasteiger partial charge in [-0.15, -0.1) is 12.4 Å². The third-order valence-electron chi connectivity index (χ3n) is 3.01. The van der Waals surface area contributed by atoms with Gasteiger partial charge in [0.15, 0.2) is 11.5 Å². The lowest BCUT2D eigenvalue weighted by Crippen LogP contribution is -2.62. The van der Waals surface area contributed by atoms with Crippen LogP contribution < -0.4 is 14.8 Å². The summed E-state index contributed by atoms with van der Waals surface area (Å²) in [4.78, 5) is 0. The predicted molar refractivity (Wildman–Crippen MR) is 60.2 cm³/mol. The minimum atomic E-state index is 0. The van der Waals surface area contributed by atoms with Gasteiger partial charge in [-0.2, -0.15) is 0 Å². The number of hydrogen-bond acceptors (Lipinski definition) is 3. The van der Waals surface area contributed by atoms with Crippen LogP contribution in [0.15, 0.2) is 18.2 Å². The zero-order valence-corrected chi connectivity index (χ0v) is 9.39. The van der Waals surface area contributed by atoms with Crippen LogP contribution in [-0.4, -0.2) is 25.8 Å². The van der Waals surface area contributed by atoms with Gasteiger partial charge < -0.3 is 14.8 Å². The van der Waals surface area contributed by atoms with E-state index in [-0.39, 0.29) is 18.0 Å². The molecular weight excluding hydrogens is 214 g/mol. The summed E-state index contributed by atoms with van der Waals surface area (Å²) in [6.07, 6.45) is 1.01. The Bertz CT molecular complexity index is 377. The summed E-state index contributed by atoms with van der Waals surface area (Å²) in [5.74, 6) is 1.79. The van der Waals surface area contributed by atoms with E-state index in [1.807, 2.05) is 12.1 Å². The Hall–Kier alpha value is -0.930. The molecule has 0 radical (unpaired) electrons. The highest BCUT2D eigenvalue weighted by Gasteiger charge is 2.45. The summed E-state index contributed by atoms with van der Waals surface area (Å²) < 4.78 is 11.2. The minimum absolute atomic E-state index is 0. The second-order valence-electron chi connectivity index (χ2n) is 4.01. The highest BCUT2D eigenvalue weighted by molar-refractivity contribution is 5.85. The number of benzene rings is 1. The maximum atomic E-state index is 5.96. The number of hydrogen-bond donors (Lipinski definition) is 1. The Morgan fingerprint density at radius 3 is 2.80 bits per heavy atom. The zero-order chi connectivity index (χ0) is 9.60. The Morgan fingerprint density at radius 2 is 2.20 bits per heavy atom. The molecule has 15 heavy (non-hydrogen) atoms. The van der Waals surface area contributed by atoms with Gasteiger partial charge in [-0.25, -0.2) is 0 Å². The molecule has 1 saturated heterocycles. The fraction of sp³-hybridized carbons (Fsp3) is 0.455. The van der Waals surface area contributed by atoms with Gasteiger partial charge in [-0.3, -0.25) is 0 Å². The molecule has 0 saturated carbocycles. The van der Waals surface area contributed by atoms with E-state index in [9.17, 15) is 0 Å². The van der Waals surface area contributed by atoms with Crippen molar-refractivity contribution in [1.82, 2.24) is 5.32 Å². The molecule has 3 rings (SSSR count). The molecule has 0 amide bonds. The van der Waals surface area contributed by atoms with Crippen LogP contribution in [0.2, 0.25) is 0 Å². The molecule has 1 fully saturated rings. The van der Waals surface area contributed by atoms with Crippen molar-refractivity contribution in [3.05, 3.63) is 23.8 Å². The Labute approximate surface area is 95.2 Å². The molecule has 2 aliphatic rings. The average Bonchev–Trinajstić information content (AvgIpc) is 2.55. The summed E-state index contributed by atoms with van der Waals surface area (Å²) in [5, 5.41) is 3.25. The largest absolute Gasteiger partial charge is 0.493 e. The summed E-state index contributed by atoms with van der Waals surface area (Å²) in [5.41, 5.74) is 1.29. The van der Waals surface area contributed by atoms with Crippen LogP contribution in [0.1, 0.15) is 5.56 Å². The van der Waals surface area contributed by atoms with Gasteiger partial charge in [0, 0.05) is 25.1 Å². The lowest BCUT2D eigenvalue weighted by atomic mass is 9.91. The quantitative estimate of drug-likeness (QED) is 0.787. The van der Waals surface area contributed by atoms with Crippen LogP contribution in [-0.2, 0) is 6.42 Å². The van der Waals surface area contributed by atoms with Gasteiger partial charge in [0.05, 0.1) is 7.11 Å². The van der Waals surface area contributed by atoms with Gasteiger partial charge in [0.1, 0.15) is 5.60 Å². The highest BCUT2D eigenvalue weighted by Crippen LogP contribution is 2.43. The van der Waals surface area contributed by atoms with Crippen molar-refractivity contribution in [2.24, 2.45) is 0 Å². The first-order valence-electron chi connectivity index (χ1n) is 4.89. The minimum Gasteiger partial charge on any atom is -0.493 e. The molecule has 0 unspecified atom stereocenters. The number of rotatable bonds is 1. The number of para-hydroxylation sites is 1. The van der Waals surface area contributed by atoms with Crippen LogP contribution in [0.25, 0.3) is 0 Å². The summed E-state index contributed by atoms with van der Waals surface area (Å²) in [6, 6.07) is 6.08. The molecule has 4 heteroatoms. The second kappa shape index (κ2) is 3.58. The Kier molecular flexibility index (Phi) is 2.52. The van der Waals surface area contributed by atoms with Crippen LogP contribution in [0.3, 0.4) is 0 Å². The van der Waals surface area contributed by atoms with E-state index < -0.39 is 0 Å². The molecule has 1 spiro atoms. The number of ether oxygens (including phenoxy) is 2. The van der Waals surface area contributed by atoms with E-state index in [1.165, 1.54) is 5.56 Å². The number of methoxy groups -OCH3 is 1. The van der Waals surface area contributed by atoms with Crippen LogP contribution in [0, 0.1) is 0 Å². The van der Waals surface area contributed by atoms with Crippen molar-refractivity contribution < 1.29 is 9.47 Å². The van der Waals surface area contributed by atoms with Crippen molar-refractivity contribution in [2.45, 2.75) is 12.0 Å². The second-order valence-corrected chi connectivity index (χ2v) is 4.01. The van der Waals surface area contributed by atoms with E-state index in [2.05, 4.69) is 11.4 Å². The van der Waals surface area contributed by atoms with E-state index in [0.29, 0.717) is 0 Å². The summed E-state index contributed by atoms with van der Waals surface area (Å²) in [7, 11) is 1.68. The van der Waals surface area contributed by atoms with E-state index in [0.717, 1.165) is 31.0 Å². The van der Waals surface area contributed by atoms with Gasteiger partial charge in [-0.05, 0) is 6.07 Å². The van der Waals surface area contributed by atoms with E-state index in [1.54, 1.807) is 7.11 Å². The molecular formula is C11H14ClNO2. The smallest absolute Gasteiger partial charge is 0.165 e. The lowest BCUT2D eigenvalue weighted by Gasteiger charge is -2.38. The molecule has 0 bridgehead atoms. The molecule has 3 nitrogen and oxygen atoms in total. The molecule has 0 aromatic heterocycles.